The van der Waals surface area contributed by atoms with Gasteiger partial charge in [-0.05, 0) is 75.2 Å². The number of benzene rings is 2. The molecule has 0 radical (unpaired) electrons. The van der Waals surface area contributed by atoms with E-state index in [-0.39, 0.29) is 12.0 Å². The van der Waals surface area contributed by atoms with Gasteiger partial charge in [0.25, 0.3) is 0 Å². The Balaban J connectivity index is 2.10. The van der Waals surface area contributed by atoms with Crippen LogP contribution in [0.3, 0.4) is 0 Å². The van der Waals surface area contributed by atoms with Crippen LogP contribution in [-0.2, 0) is 12.8 Å². The maximum absolute atomic E-state index is 10.6. The lowest BCUT2D eigenvalue weighted by atomic mass is 9.82. The van der Waals surface area contributed by atoms with Gasteiger partial charge in [0.1, 0.15) is 0 Å². The molecule has 0 bridgehead atoms. The predicted octanol–water partition coefficient (Wildman–Crippen LogP) is 3.58. The lowest BCUT2D eigenvalue weighted by Crippen LogP contribution is -2.30. The monoisotopic (exact) mass is 382 g/mol. The van der Waals surface area contributed by atoms with Gasteiger partial charge in [0, 0.05) is 4.47 Å². The Bertz CT molecular complexity index is 1020. The van der Waals surface area contributed by atoms with Crippen molar-refractivity contribution in [3.8, 4) is 0 Å². The van der Waals surface area contributed by atoms with Crippen LogP contribution in [0.25, 0.3) is 11.6 Å². The van der Waals surface area contributed by atoms with Crippen LogP contribution < -0.4 is 10.4 Å². The number of aliphatic hydroxyl groups excluding tert-OH is 1. The highest BCUT2D eigenvalue weighted by molar-refractivity contribution is 9.10. The highest BCUT2D eigenvalue weighted by Crippen LogP contribution is 2.25. The molecule has 2 aromatic rings. The molecule has 24 heavy (non-hydrogen) atoms. The second kappa shape index (κ2) is 6.16. The summed E-state index contributed by atoms with van der Waals surface area (Å²) in [5.41, 5.74) is 4.18. The van der Waals surface area contributed by atoms with Gasteiger partial charge in [0.15, 0.2) is 0 Å². The smallest absolute Gasteiger partial charge is 0.0781 e. The van der Waals surface area contributed by atoms with Crippen LogP contribution in [0.2, 0.25) is 0 Å². The molecule has 1 nitrogen and oxygen atoms in total. The quantitative estimate of drug-likeness (QED) is 0.841. The highest BCUT2D eigenvalue weighted by Gasteiger charge is 2.21. The van der Waals surface area contributed by atoms with E-state index in [1.165, 1.54) is 42.0 Å². The fourth-order valence-corrected chi connectivity index (χ4v) is 4.78. The zero-order valence-electron chi connectivity index (χ0n) is 14.3. The second-order valence-corrected chi connectivity index (χ2v) is 8.15. The van der Waals surface area contributed by atoms with E-state index in [9.17, 15) is 5.11 Å². The Morgan fingerprint density at radius 3 is 2.54 bits per heavy atom. The second-order valence-electron chi connectivity index (χ2n) is 7.29. The molecule has 0 amide bonds. The third-order valence-electron chi connectivity index (χ3n) is 5.49. The van der Waals surface area contributed by atoms with Crippen LogP contribution in [0.5, 0.6) is 0 Å². The number of halogens is 1. The molecule has 4 rings (SSSR count). The van der Waals surface area contributed by atoms with E-state index in [4.69, 9.17) is 0 Å². The molecule has 2 aromatic carbocycles. The summed E-state index contributed by atoms with van der Waals surface area (Å²) in [5, 5.41) is 16.0. The normalized spacial score (nSPS) is 17.0. The largest absolute Gasteiger partial charge is 0.388 e. The van der Waals surface area contributed by atoms with Gasteiger partial charge in [-0.15, -0.1) is 0 Å². The molecule has 1 atom stereocenters. The first kappa shape index (κ1) is 16.1. The Labute approximate surface area is 151 Å². The molecular formula is C22H23BrO. The van der Waals surface area contributed by atoms with Crippen molar-refractivity contribution in [1.82, 2.24) is 0 Å². The van der Waals surface area contributed by atoms with Gasteiger partial charge in [-0.3, -0.25) is 0 Å². The van der Waals surface area contributed by atoms with Gasteiger partial charge >= 0.3 is 0 Å². The lowest BCUT2D eigenvalue weighted by molar-refractivity contribution is 0.176. The van der Waals surface area contributed by atoms with Crippen molar-refractivity contribution in [2.45, 2.75) is 45.6 Å². The van der Waals surface area contributed by atoms with Crippen LogP contribution in [0.15, 0.2) is 34.8 Å². The van der Waals surface area contributed by atoms with Crippen molar-refractivity contribution in [1.29, 1.82) is 0 Å². The number of rotatable bonds is 2. The molecule has 0 heterocycles. The van der Waals surface area contributed by atoms with Crippen LogP contribution in [-0.4, -0.2) is 11.2 Å². The Hall–Kier alpha value is -1.38. The molecule has 0 unspecified atom stereocenters. The summed E-state index contributed by atoms with van der Waals surface area (Å²) in [6.07, 6.45) is 6.31. The maximum Gasteiger partial charge on any atom is 0.0781 e. The van der Waals surface area contributed by atoms with E-state index in [1.807, 2.05) is 0 Å². The summed E-state index contributed by atoms with van der Waals surface area (Å²) in [4.78, 5) is 0. The fraction of sp³-hybridized carbons (Fsp3) is 0.364. The highest BCUT2D eigenvalue weighted by atomic mass is 79.9. The molecule has 0 saturated heterocycles. The molecule has 0 aliphatic heterocycles. The van der Waals surface area contributed by atoms with Crippen LogP contribution in [0.4, 0.5) is 0 Å². The Morgan fingerprint density at radius 2 is 1.75 bits per heavy atom. The fourth-order valence-electron chi connectivity index (χ4n) is 4.25. The number of hydrogen-bond acceptors (Lipinski definition) is 1. The first-order valence-corrected chi connectivity index (χ1v) is 9.68. The molecule has 124 valence electrons. The first-order valence-electron chi connectivity index (χ1n) is 8.89. The molecular weight excluding hydrogens is 360 g/mol. The lowest BCUT2D eigenvalue weighted by Gasteiger charge is -2.25. The maximum atomic E-state index is 10.6. The van der Waals surface area contributed by atoms with E-state index >= 15 is 0 Å². The van der Waals surface area contributed by atoms with Gasteiger partial charge in [0.05, 0.1) is 6.10 Å². The third kappa shape index (κ3) is 2.48. The summed E-state index contributed by atoms with van der Waals surface area (Å²) in [6.45, 7) is 4.21. The molecule has 2 heteroatoms. The Morgan fingerprint density at radius 1 is 0.958 bits per heavy atom. The van der Waals surface area contributed by atoms with E-state index in [1.54, 1.807) is 0 Å². The number of fused-ring (bicyclic) bond motifs is 4. The van der Waals surface area contributed by atoms with Gasteiger partial charge in [-0.25, -0.2) is 0 Å². The van der Waals surface area contributed by atoms with Crippen LogP contribution >= 0.6 is 15.9 Å². The summed E-state index contributed by atoms with van der Waals surface area (Å²) >= 11 is 3.68. The molecule has 2 aliphatic carbocycles. The van der Waals surface area contributed by atoms with Gasteiger partial charge in [0.2, 0.25) is 0 Å². The van der Waals surface area contributed by atoms with Crippen molar-refractivity contribution < 1.29 is 5.11 Å². The minimum atomic E-state index is -0.323. The van der Waals surface area contributed by atoms with Crippen LogP contribution in [0, 0.1) is 16.4 Å². The van der Waals surface area contributed by atoms with Crippen molar-refractivity contribution in [2.24, 2.45) is 5.92 Å². The van der Waals surface area contributed by atoms with Crippen molar-refractivity contribution in [3.63, 3.8) is 0 Å². The van der Waals surface area contributed by atoms with E-state index in [0.29, 0.717) is 0 Å². The van der Waals surface area contributed by atoms with Crippen molar-refractivity contribution >= 4 is 27.6 Å². The van der Waals surface area contributed by atoms with E-state index < -0.39 is 0 Å². The number of aliphatic hydroxyl groups is 1. The van der Waals surface area contributed by atoms with Crippen LogP contribution in [0.1, 0.15) is 37.8 Å². The zero-order valence-corrected chi connectivity index (χ0v) is 15.9. The molecule has 2 aliphatic rings. The average Bonchev–Trinajstić information content (AvgIpc) is 2.60. The third-order valence-corrected chi connectivity index (χ3v) is 6.18. The average molecular weight is 383 g/mol. The van der Waals surface area contributed by atoms with Gasteiger partial charge in [-0.1, -0.05) is 60.1 Å². The topological polar surface area (TPSA) is 20.2 Å². The minimum Gasteiger partial charge on any atom is -0.388 e. The summed E-state index contributed by atoms with van der Waals surface area (Å²) in [7, 11) is 0. The van der Waals surface area contributed by atoms with Crippen molar-refractivity contribution in [3.05, 3.63) is 66.8 Å². The standard InChI is InChI=1S/C22H23BrO/c1-13(2)22(24)20-7-3-5-14-16-11-12-19-15(6-4-8-21(19)23)17(16)9-10-18(14)20/h4,6,8-10,12-13,22,24H,3,5,7,11H2,1-2H3/t22-/m1/s1. The Kier molecular flexibility index (Phi) is 4.14. The summed E-state index contributed by atoms with van der Waals surface area (Å²) in [6, 6.07) is 11.0. The summed E-state index contributed by atoms with van der Waals surface area (Å²) in [5.74, 6) is 0.269. The molecule has 0 aromatic heterocycles. The predicted molar refractivity (Wildman–Crippen MR) is 103 cm³/mol. The minimum absolute atomic E-state index is 0.269. The first-order chi connectivity index (χ1) is 11.6. The molecule has 0 fully saturated rings. The van der Waals surface area contributed by atoms with Gasteiger partial charge < -0.3 is 5.11 Å². The van der Waals surface area contributed by atoms with Crippen molar-refractivity contribution in [2.75, 3.05) is 0 Å². The van der Waals surface area contributed by atoms with Gasteiger partial charge in [-0.2, -0.15) is 0 Å². The van der Waals surface area contributed by atoms with E-state index in [0.717, 1.165) is 25.7 Å². The molecule has 0 spiro atoms. The van der Waals surface area contributed by atoms with E-state index in [2.05, 4.69) is 66.2 Å². The molecule has 0 saturated carbocycles. The SMILES string of the molecule is CC(C)[C@@H](O)C1=c2ccc3c(c2CCC1)CC=c1c(Br)cccc1=3. The molecule has 1 N–H and O–H groups in total. The zero-order chi connectivity index (χ0) is 16.8. The summed E-state index contributed by atoms with van der Waals surface area (Å²) < 4.78 is 1.17. The number of hydrogen-bond donors (Lipinski definition) is 1.